The van der Waals surface area contributed by atoms with E-state index in [1.807, 2.05) is 28.8 Å². The highest BCUT2D eigenvalue weighted by Crippen LogP contribution is 2.24. The lowest BCUT2D eigenvalue weighted by atomic mass is 10.1. The summed E-state index contributed by atoms with van der Waals surface area (Å²) >= 11 is 0. The molecule has 2 heterocycles. The number of para-hydroxylation sites is 2. The van der Waals surface area contributed by atoms with Crippen LogP contribution < -0.4 is 5.32 Å². The van der Waals surface area contributed by atoms with Crippen molar-refractivity contribution in [3.63, 3.8) is 0 Å². The molecule has 0 radical (unpaired) electrons. The quantitative estimate of drug-likeness (QED) is 0.723. The van der Waals surface area contributed by atoms with Gasteiger partial charge in [-0.15, -0.1) is 0 Å². The molecule has 0 fully saturated rings. The molecule has 0 spiro atoms. The first-order valence-corrected chi connectivity index (χ1v) is 8.74. The maximum absolute atomic E-state index is 12.7. The van der Waals surface area contributed by atoms with Crippen LogP contribution in [0.15, 0.2) is 42.5 Å². The molecule has 0 saturated carbocycles. The third kappa shape index (κ3) is 2.68. The van der Waals surface area contributed by atoms with E-state index in [0.29, 0.717) is 17.1 Å². The molecule has 2 aromatic carbocycles. The standard InChI is InChI=1S/C20H18N4O3/c1-3-10-24-16-7-5-4-6-15(16)21-20(24)22-17(25)12-8-9-13-14(11-12)19(27)23(2)18(13)26/h4-9,11H,3,10H2,1-2H3,(H,21,22,25). The van der Waals surface area contributed by atoms with E-state index in [1.54, 1.807) is 6.07 Å². The molecule has 27 heavy (non-hydrogen) atoms. The molecule has 7 heteroatoms. The van der Waals surface area contributed by atoms with Crippen LogP contribution in [0.3, 0.4) is 0 Å². The van der Waals surface area contributed by atoms with Gasteiger partial charge in [0.25, 0.3) is 17.7 Å². The minimum Gasteiger partial charge on any atom is -0.310 e. The van der Waals surface area contributed by atoms with E-state index in [4.69, 9.17) is 0 Å². The molecule has 0 atom stereocenters. The molecule has 1 aromatic heterocycles. The van der Waals surface area contributed by atoms with Gasteiger partial charge in [-0.05, 0) is 36.8 Å². The van der Waals surface area contributed by atoms with Crippen molar-refractivity contribution in [2.24, 2.45) is 0 Å². The molecule has 3 aromatic rings. The minimum atomic E-state index is -0.400. The van der Waals surface area contributed by atoms with Crippen molar-refractivity contribution in [2.75, 3.05) is 12.4 Å². The summed E-state index contributed by atoms with van der Waals surface area (Å²) in [6.45, 7) is 2.78. The van der Waals surface area contributed by atoms with Gasteiger partial charge in [0.05, 0.1) is 22.2 Å². The Labute approximate surface area is 155 Å². The number of amides is 3. The highest BCUT2D eigenvalue weighted by atomic mass is 16.2. The van der Waals surface area contributed by atoms with E-state index in [-0.39, 0.29) is 17.4 Å². The molecular formula is C20H18N4O3. The number of rotatable bonds is 4. The zero-order valence-electron chi connectivity index (χ0n) is 15.0. The van der Waals surface area contributed by atoms with Crippen LogP contribution in [0.1, 0.15) is 44.4 Å². The Morgan fingerprint density at radius 3 is 2.59 bits per heavy atom. The summed E-state index contributed by atoms with van der Waals surface area (Å²) < 4.78 is 1.96. The largest absolute Gasteiger partial charge is 0.310 e. The number of hydrogen-bond donors (Lipinski definition) is 1. The van der Waals surface area contributed by atoms with Gasteiger partial charge in [-0.1, -0.05) is 19.1 Å². The lowest BCUT2D eigenvalue weighted by Crippen LogP contribution is -2.24. The van der Waals surface area contributed by atoms with E-state index in [9.17, 15) is 14.4 Å². The van der Waals surface area contributed by atoms with Crippen LogP contribution >= 0.6 is 0 Å². The van der Waals surface area contributed by atoms with Crippen molar-refractivity contribution in [2.45, 2.75) is 19.9 Å². The SMILES string of the molecule is CCCn1c(NC(=O)c2ccc3c(c2)C(=O)N(C)C3=O)nc2ccccc21. The Morgan fingerprint density at radius 1 is 1.07 bits per heavy atom. The van der Waals surface area contributed by atoms with Gasteiger partial charge in [0.1, 0.15) is 0 Å². The van der Waals surface area contributed by atoms with E-state index in [1.165, 1.54) is 19.2 Å². The second-order valence-corrected chi connectivity index (χ2v) is 6.46. The first-order chi connectivity index (χ1) is 13.0. The average Bonchev–Trinajstić information content (AvgIpc) is 3.13. The third-order valence-electron chi connectivity index (χ3n) is 4.68. The van der Waals surface area contributed by atoms with Gasteiger partial charge in [0.2, 0.25) is 5.95 Å². The number of imide groups is 1. The fraction of sp³-hybridized carbons (Fsp3) is 0.200. The fourth-order valence-electron chi connectivity index (χ4n) is 3.30. The van der Waals surface area contributed by atoms with Crippen LogP contribution in [0.25, 0.3) is 11.0 Å². The predicted molar refractivity (Wildman–Crippen MR) is 101 cm³/mol. The third-order valence-corrected chi connectivity index (χ3v) is 4.68. The van der Waals surface area contributed by atoms with Crippen LogP contribution in [0, 0.1) is 0 Å². The van der Waals surface area contributed by atoms with Gasteiger partial charge in [-0.2, -0.15) is 0 Å². The van der Waals surface area contributed by atoms with Gasteiger partial charge in [0, 0.05) is 19.2 Å². The van der Waals surface area contributed by atoms with Crippen LogP contribution in [0.4, 0.5) is 5.95 Å². The zero-order chi connectivity index (χ0) is 19.1. The summed E-state index contributed by atoms with van der Waals surface area (Å²) in [6.07, 6.45) is 0.894. The maximum Gasteiger partial charge on any atom is 0.261 e. The van der Waals surface area contributed by atoms with Crippen molar-refractivity contribution in [1.82, 2.24) is 14.5 Å². The number of nitrogens with zero attached hydrogens (tertiary/aromatic N) is 3. The molecule has 0 bridgehead atoms. The number of aromatic nitrogens is 2. The van der Waals surface area contributed by atoms with Gasteiger partial charge in [-0.3, -0.25) is 24.6 Å². The Balaban J connectivity index is 1.68. The highest BCUT2D eigenvalue weighted by Gasteiger charge is 2.33. The van der Waals surface area contributed by atoms with E-state index < -0.39 is 5.91 Å². The number of carbonyl (C=O) groups excluding carboxylic acids is 3. The molecule has 1 aliphatic rings. The van der Waals surface area contributed by atoms with Gasteiger partial charge in [0.15, 0.2) is 0 Å². The minimum absolute atomic E-state index is 0.247. The average molecular weight is 362 g/mol. The normalized spacial score (nSPS) is 13.3. The van der Waals surface area contributed by atoms with Gasteiger partial charge in [-0.25, -0.2) is 4.98 Å². The van der Waals surface area contributed by atoms with Crippen molar-refractivity contribution < 1.29 is 14.4 Å². The van der Waals surface area contributed by atoms with Crippen molar-refractivity contribution in [3.8, 4) is 0 Å². The predicted octanol–water partition coefficient (Wildman–Crippen LogP) is 2.92. The number of fused-ring (bicyclic) bond motifs is 2. The number of imidazole rings is 1. The summed E-state index contributed by atoms with van der Waals surface area (Å²) in [4.78, 5) is 42.4. The fourth-order valence-corrected chi connectivity index (χ4v) is 3.30. The molecule has 1 N–H and O–H groups in total. The lowest BCUT2D eigenvalue weighted by Gasteiger charge is -2.09. The molecule has 136 valence electrons. The van der Waals surface area contributed by atoms with Crippen molar-refractivity contribution >= 4 is 34.7 Å². The van der Waals surface area contributed by atoms with Crippen LogP contribution in [0.5, 0.6) is 0 Å². The van der Waals surface area contributed by atoms with Crippen LogP contribution in [-0.2, 0) is 6.54 Å². The molecule has 1 aliphatic heterocycles. The molecule has 0 aliphatic carbocycles. The number of anilines is 1. The number of aryl methyl sites for hydroxylation is 1. The molecule has 7 nitrogen and oxygen atoms in total. The first-order valence-electron chi connectivity index (χ1n) is 8.74. The van der Waals surface area contributed by atoms with Gasteiger partial charge >= 0.3 is 0 Å². The van der Waals surface area contributed by atoms with Crippen LogP contribution in [-0.4, -0.2) is 39.2 Å². The highest BCUT2D eigenvalue weighted by molar-refractivity contribution is 6.22. The van der Waals surface area contributed by atoms with Crippen molar-refractivity contribution in [3.05, 3.63) is 59.2 Å². The zero-order valence-corrected chi connectivity index (χ0v) is 15.0. The van der Waals surface area contributed by atoms with E-state index >= 15 is 0 Å². The monoisotopic (exact) mass is 362 g/mol. The topological polar surface area (TPSA) is 84.3 Å². The Morgan fingerprint density at radius 2 is 1.81 bits per heavy atom. The summed E-state index contributed by atoms with van der Waals surface area (Å²) in [5, 5.41) is 2.83. The molecule has 4 rings (SSSR count). The molecule has 0 unspecified atom stereocenters. The molecule has 0 saturated heterocycles. The maximum atomic E-state index is 12.7. The Hall–Kier alpha value is -3.48. The Kier molecular flexibility index (Phi) is 3.99. The molecular weight excluding hydrogens is 344 g/mol. The summed E-state index contributed by atoms with van der Waals surface area (Å²) in [5.41, 5.74) is 2.62. The van der Waals surface area contributed by atoms with Crippen molar-refractivity contribution in [1.29, 1.82) is 0 Å². The number of nitrogens with one attached hydrogen (secondary N) is 1. The number of benzene rings is 2. The second-order valence-electron chi connectivity index (χ2n) is 6.46. The first kappa shape index (κ1) is 17.0. The van der Waals surface area contributed by atoms with Gasteiger partial charge < -0.3 is 4.57 Å². The van der Waals surface area contributed by atoms with Crippen LogP contribution in [0.2, 0.25) is 0 Å². The smallest absolute Gasteiger partial charge is 0.261 e. The summed E-state index contributed by atoms with van der Waals surface area (Å²) in [5.74, 6) is -0.669. The number of carbonyl (C=O) groups is 3. The van der Waals surface area contributed by atoms with E-state index in [0.717, 1.165) is 28.9 Å². The number of hydrogen-bond acceptors (Lipinski definition) is 4. The molecule has 3 amide bonds. The summed E-state index contributed by atoms with van der Waals surface area (Å²) in [7, 11) is 1.43. The van der Waals surface area contributed by atoms with E-state index in [2.05, 4.69) is 17.2 Å². The second kappa shape index (κ2) is 6.35. The Bertz CT molecular complexity index is 1100. The lowest BCUT2D eigenvalue weighted by molar-refractivity contribution is 0.0693. The summed E-state index contributed by atoms with van der Waals surface area (Å²) in [6, 6.07) is 12.2.